The monoisotopic (exact) mass is 253 g/mol. The molecule has 18 heavy (non-hydrogen) atoms. The van der Waals surface area contributed by atoms with Gasteiger partial charge >= 0.3 is 0 Å². The first-order chi connectivity index (χ1) is 8.83. The summed E-state index contributed by atoms with van der Waals surface area (Å²) in [5.74, 6) is 1.55. The maximum absolute atomic E-state index is 8.91. The highest BCUT2D eigenvalue weighted by Gasteiger charge is 2.25. The summed E-state index contributed by atoms with van der Waals surface area (Å²) in [6.07, 6.45) is 6.30. The normalized spacial score (nSPS) is 20.7. The Morgan fingerprint density at radius 2 is 2.39 bits per heavy atom. The van der Waals surface area contributed by atoms with Gasteiger partial charge < -0.3 is 9.63 Å². The molecule has 2 rings (SSSR count). The summed E-state index contributed by atoms with van der Waals surface area (Å²) in [6, 6.07) is 0.574. The number of likely N-dealkylation sites (tertiary alicyclic amines) is 1. The van der Waals surface area contributed by atoms with E-state index in [0.717, 1.165) is 50.5 Å². The van der Waals surface area contributed by atoms with Crippen molar-refractivity contribution < 1.29 is 9.63 Å². The Hall–Kier alpha value is -0.940. The van der Waals surface area contributed by atoms with E-state index in [4.69, 9.17) is 9.63 Å². The van der Waals surface area contributed by atoms with E-state index in [1.54, 1.807) is 0 Å². The van der Waals surface area contributed by atoms with Crippen LogP contribution in [0.4, 0.5) is 0 Å². The molecule has 0 radical (unpaired) electrons. The van der Waals surface area contributed by atoms with Gasteiger partial charge in [0.1, 0.15) is 0 Å². The highest BCUT2D eigenvalue weighted by molar-refractivity contribution is 4.89. The van der Waals surface area contributed by atoms with Gasteiger partial charge in [-0.15, -0.1) is 0 Å². The van der Waals surface area contributed by atoms with Crippen LogP contribution in [0, 0.1) is 0 Å². The molecule has 5 nitrogen and oxygen atoms in total. The van der Waals surface area contributed by atoms with Crippen molar-refractivity contribution in [3.63, 3.8) is 0 Å². The molecule has 0 amide bonds. The quantitative estimate of drug-likeness (QED) is 0.802. The second-order valence-electron chi connectivity index (χ2n) is 4.99. The Morgan fingerprint density at radius 3 is 3.17 bits per heavy atom. The summed E-state index contributed by atoms with van der Waals surface area (Å²) in [7, 11) is 0. The molecule has 0 aliphatic carbocycles. The van der Waals surface area contributed by atoms with E-state index in [1.807, 2.05) is 0 Å². The molecule has 1 N–H and O–H groups in total. The van der Waals surface area contributed by atoms with E-state index in [9.17, 15) is 0 Å². The van der Waals surface area contributed by atoms with Gasteiger partial charge in [-0.2, -0.15) is 4.98 Å². The lowest BCUT2D eigenvalue weighted by atomic mass is 10.1. The van der Waals surface area contributed by atoms with Crippen molar-refractivity contribution in [2.24, 2.45) is 0 Å². The predicted molar refractivity (Wildman–Crippen MR) is 68.0 cm³/mol. The van der Waals surface area contributed by atoms with E-state index >= 15 is 0 Å². The first-order valence-corrected chi connectivity index (χ1v) is 7.00. The number of nitrogens with zero attached hydrogens (tertiary/aromatic N) is 3. The molecule has 2 heterocycles. The van der Waals surface area contributed by atoms with Crippen LogP contribution < -0.4 is 0 Å². The van der Waals surface area contributed by atoms with Crippen molar-refractivity contribution in [2.45, 2.75) is 58.0 Å². The number of aliphatic hydroxyl groups excluding tert-OH is 1. The summed E-state index contributed by atoms with van der Waals surface area (Å²) >= 11 is 0. The molecule has 5 heteroatoms. The number of aromatic nitrogens is 2. The summed E-state index contributed by atoms with van der Waals surface area (Å²) in [5.41, 5.74) is 0. The van der Waals surface area contributed by atoms with Gasteiger partial charge in [-0.3, -0.25) is 4.90 Å². The zero-order valence-corrected chi connectivity index (χ0v) is 11.1. The molecule has 1 unspecified atom stereocenters. The van der Waals surface area contributed by atoms with Crippen LogP contribution in [0.5, 0.6) is 0 Å². The maximum atomic E-state index is 8.91. The molecule has 1 atom stereocenters. The molecule has 0 bridgehead atoms. The van der Waals surface area contributed by atoms with Crippen LogP contribution in [0.3, 0.4) is 0 Å². The third-order valence-electron chi connectivity index (χ3n) is 3.51. The lowest BCUT2D eigenvalue weighted by Crippen LogP contribution is -2.29. The van der Waals surface area contributed by atoms with Crippen molar-refractivity contribution in [3.05, 3.63) is 11.7 Å². The average Bonchev–Trinajstić information content (AvgIpc) is 2.98. The number of hydrogen-bond donors (Lipinski definition) is 1. The van der Waals surface area contributed by atoms with Crippen LogP contribution in [0.2, 0.25) is 0 Å². The van der Waals surface area contributed by atoms with Gasteiger partial charge in [0.25, 0.3) is 0 Å². The van der Waals surface area contributed by atoms with E-state index in [2.05, 4.69) is 22.0 Å². The predicted octanol–water partition coefficient (Wildman–Crippen LogP) is 1.76. The molecule has 1 fully saturated rings. The zero-order chi connectivity index (χ0) is 12.8. The molecular weight excluding hydrogens is 230 g/mol. The molecule has 1 aromatic rings. The van der Waals surface area contributed by atoms with Crippen molar-refractivity contribution in [2.75, 3.05) is 13.2 Å². The van der Waals surface area contributed by atoms with Gasteiger partial charge in [0, 0.05) is 19.1 Å². The minimum absolute atomic E-state index is 0.285. The summed E-state index contributed by atoms with van der Waals surface area (Å²) in [4.78, 5) is 6.82. The Morgan fingerprint density at radius 1 is 1.50 bits per heavy atom. The lowest BCUT2D eigenvalue weighted by Gasteiger charge is -2.22. The highest BCUT2D eigenvalue weighted by atomic mass is 16.5. The number of aryl methyl sites for hydroxylation is 1. The summed E-state index contributed by atoms with van der Waals surface area (Å²) in [5, 5.41) is 12.9. The van der Waals surface area contributed by atoms with Gasteiger partial charge in [-0.1, -0.05) is 12.1 Å². The highest BCUT2D eigenvalue weighted by Crippen LogP contribution is 2.22. The maximum Gasteiger partial charge on any atom is 0.226 e. The lowest BCUT2D eigenvalue weighted by molar-refractivity contribution is 0.204. The number of rotatable bonds is 7. The van der Waals surface area contributed by atoms with Crippen LogP contribution in [0.25, 0.3) is 0 Å². The topological polar surface area (TPSA) is 62.4 Å². The molecule has 1 saturated heterocycles. The van der Waals surface area contributed by atoms with Gasteiger partial charge in [-0.05, 0) is 38.6 Å². The van der Waals surface area contributed by atoms with E-state index < -0.39 is 0 Å². The van der Waals surface area contributed by atoms with Crippen molar-refractivity contribution in [1.29, 1.82) is 0 Å². The minimum atomic E-state index is 0.285. The fourth-order valence-corrected chi connectivity index (χ4v) is 2.61. The number of aliphatic hydroxyl groups is 1. The van der Waals surface area contributed by atoms with Crippen molar-refractivity contribution in [1.82, 2.24) is 15.0 Å². The zero-order valence-electron chi connectivity index (χ0n) is 11.1. The van der Waals surface area contributed by atoms with Crippen LogP contribution in [0.15, 0.2) is 4.52 Å². The first kappa shape index (κ1) is 13.5. The molecule has 1 aliphatic rings. The fourth-order valence-electron chi connectivity index (χ4n) is 2.61. The van der Waals surface area contributed by atoms with E-state index in [0.29, 0.717) is 6.04 Å². The molecular formula is C13H23N3O2. The van der Waals surface area contributed by atoms with Crippen LogP contribution in [0.1, 0.15) is 50.7 Å². The van der Waals surface area contributed by atoms with Gasteiger partial charge in [-0.25, -0.2) is 0 Å². The van der Waals surface area contributed by atoms with Gasteiger partial charge in [0.05, 0.1) is 6.54 Å². The van der Waals surface area contributed by atoms with Crippen LogP contribution in [-0.4, -0.2) is 39.3 Å². The second kappa shape index (κ2) is 6.85. The Kier molecular flexibility index (Phi) is 5.13. The van der Waals surface area contributed by atoms with Crippen LogP contribution in [-0.2, 0) is 13.0 Å². The smallest absolute Gasteiger partial charge is 0.226 e. The standard InChI is InChI=1S/C13H23N3O2/c1-2-5-13-14-12(15-18-13)10-16-8-3-6-11(16)7-4-9-17/h11,17H,2-10H2,1H3. The van der Waals surface area contributed by atoms with E-state index in [-0.39, 0.29) is 6.61 Å². The second-order valence-corrected chi connectivity index (χ2v) is 4.99. The first-order valence-electron chi connectivity index (χ1n) is 7.00. The minimum Gasteiger partial charge on any atom is -0.396 e. The fraction of sp³-hybridized carbons (Fsp3) is 0.846. The van der Waals surface area contributed by atoms with Gasteiger partial charge in [0.2, 0.25) is 5.89 Å². The van der Waals surface area contributed by atoms with Crippen molar-refractivity contribution >= 4 is 0 Å². The van der Waals surface area contributed by atoms with Crippen molar-refractivity contribution in [3.8, 4) is 0 Å². The van der Waals surface area contributed by atoms with E-state index in [1.165, 1.54) is 12.8 Å². The third kappa shape index (κ3) is 3.53. The van der Waals surface area contributed by atoms with Crippen LogP contribution >= 0.6 is 0 Å². The molecule has 1 aliphatic heterocycles. The molecule has 1 aromatic heterocycles. The number of hydrogen-bond acceptors (Lipinski definition) is 5. The largest absolute Gasteiger partial charge is 0.396 e. The molecule has 102 valence electrons. The molecule has 0 saturated carbocycles. The average molecular weight is 253 g/mol. The molecule has 0 spiro atoms. The Labute approximate surface area is 108 Å². The SMILES string of the molecule is CCCc1nc(CN2CCCC2CCCO)no1. The Balaban J connectivity index is 1.86. The van der Waals surface area contributed by atoms with Gasteiger partial charge in [0.15, 0.2) is 5.82 Å². The summed E-state index contributed by atoms with van der Waals surface area (Å²) < 4.78 is 5.20. The molecule has 0 aromatic carbocycles. The third-order valence-corrected chi connectivity index (χ3v) is 3.51. The summed E-state index contributed by atoms with van der Waals surface area (Å²) in [6.45, 7) is 4.28. The Bertz CT molecular complexity index is 354.